The van der Waals surface area contributed by atoms with Crippen LogP contribution in [0.15, 0.2) is 48.7 Å². The highest BCUT2D eigenvalue weighted by molar-refractivity contribution is 5.95. The molecule has 1 aliphatic heterocycles. The molecule has 1 aromatic carbocycles. The molecule has 3 rings (SSSR count). The second-order valence-corrected chi connectivity index (χ2v) is 7.32. The minimum Gasteiger partial charge on any atom is -0.339 e. The maximum absolute atomic E-state index is 12.8. The van der Waals surface area contributed by atoms with Crippen LogP contribution in [-0.4, -0.2) is 59.3 Å². The summed E-state index contributed by atoms with van der Waals surface area (Å²) in [7, 11) is 1.89. The first-order valence-corrected chi connectivity index (χ1v) is 9.80. The van der Waals surface area contributed by atoms with Gasteiger partial charge in [-0.1, -0.05) is 6.07 Å². The number of benzene rings is 1. The molecule has 6 heteroatoms. The van der Waals surface area contributed by atoms with Gasteiger partial charge in [-0.25, -0.2) is 0 Å². The molecule has 1 aliphatic rings. The Bertz CT molecular complexity index is 784. The normalized spacial score (nSPS) is 15.2. The average Bonchev–Trinajstić information content (AvgIpc) is 2.72. The second kappa shape index (κ2) is 9.46. The van der Waals surface area contributed by atoms with Gasteiger partial charge < -0.3 is 15.1 Å². The predicted molar refractivity (Wildman–Crippen MR) is 110 cm³/mol. The molecule has 1 fully saturated rings. The fraction of sp³-hybridized carbons (Fsp3) is 0.409. The van der Waals surface area contributed by atoms with Crippen LogP contribution in [0.5, 0.6) is 0 Å². The first-order valence-electron chi connectivity index (χ1n) is 9.80. The summed E-state index contributed by atoms with van der Waals surface area (Å²) >= 11 is 0. The topological polar surface area (TPSA) is 65.5 Å². The van der Waals surface area contributed by atoms with Gasteiger partial charge in [-0.15, -0.1) is 0 Å². The smallest absolute Gasteiger partial charge is 0.253 e. The first-order chi connectivity index (χ1) is 13.5. The number of piperidine rings is 1. The Hall–Kier alpha value is -2.73. The SMILES string of the molecule is CC(=O)Nc1ccc(C(=O)N(C)C2CCN(CCc3ccccn3)CC2)cc1. The van der Waals surface area contributed by atoms with Gasteiger partial charge in [0.1, 0.15) is 0 Å². The summed E-state index contributed by atoms with van der Waals surface area (Å²) in [6.45, 7) is 4.47. The van der Waals surface area contributed by atoms with E-state index in [1.807, 2.05) is 30.3 Å². The second-order valence-electron chi connectivity index (χ2n) is 7.32. The van der Waals surface area contributed by atoms with Crippen molar-refractivity contribution in [3.63, 3.8) is 0 Å². The lowest BCUT2D eigenvalue weighted by atomic mass is 10.0. The Balaban J connectivity index is 1.48. The molecule has 1 N–H and O–H groups in total. The zero-order chi connectivity index (χ0) is 19.9. The van der Waals surface area contributed by atoms with E-state index in [1.165, 1.54) is 6.92 Å². The predicted octanol–water partition coefficient (Wildman–Crippen LogP) is 2.82. The molecule has 0 saturated carbocycles. The number of rotatable bonds is 6. The van der Waals surface area contributed by atoms with E-state index < -0.39 is 0 Å². The van der Waals surface area contributed by atoms with E-state index in [-0.39, 0.29) is 17.9 Å². The standard InChI is InChI=1S/C22H28N4O2/c1-17(27)24-20-8-6-18(7-9-20)22(28)25(2)21-11-15-26(16-12-21)14-10-19-5-3-4-13-23-19/h3-9,13,21H,10-12,14-16H2,1-2H3,(H,24,27). The number of likely N-dealkylation sites (tertiary alicyclic amines) is 1. The fourth-order valence-corrected chi connectivity index (χ4v) is 3.62. The van der Waals surface area contributed by atoms with E-state index in [0.29, 0.717) is 11.3 Å². The van der Waals surface area contributed by atoms with Crippen LogP contribution in [0.25, 0.3) is 0 Å². The molecule has 0 atom stereocenters. The summed E-state index contributed by atoms with van der Waals surface area (Å²) < 4.78 is 0. The Morgan fingerprint density at radius 2 is 1.86 bits per heavy atom. The summed E-state index contributed by atoms with van der Waals surface area (Å²) in [6, 6.07) is 13.4. The lowest BCUT2D eigenvalue weighted by Gasteiger charge is -2.36. The molecular weight excluding hydrogens is 352 g/mol. The molecular formula is C22H28N4O2. The third-order valence-corrected chi connectivity index (χ3v) is 5.29. The lowest BCUT2D eigenvalue weighted by Crippen LogP contribution is -2.46. The van der Waals surface area contributed by atoms with Crippen LogP contribution >= 0.6 is 0 Å². The minimum absolute atomic E-state index is 0.0290. The van der Waals surface area contributed by atoms with Crippen molar-refractivity contribution in [1.82, 2.24) is 14.8 Å². The molecule has 0 unspecified atom stereocenters. The van der Waals surface area contributed by atoms with Gasteiger partial charge in [-0.3, -0.25) is 14.6 Å². The summed E-state index contributed by atoms with van der Waals surface area (Å²) in [4.78, 5) is 32.6. The number of anilines is 1. The van der Waals surface area contributed by atoms with Crippen LogP contribution < -0.4 is 5.32 Å². The number of carbonyl (C=O) groups excluding carboxylic acids is 2. The molecule has 2 aromatic rings. The van der Waals surface area contributed by atoms with Crippen molar-refractivity contribution in [3.8, 4) is 0 Å². The van der Waals surface area contributed by atoms with Gasteiger partial charge >= 0.3 is 0 Å². The van der Waals surface area contributed by atoms with Crippen molar-refractivity contribution in [2.45, 2.75) is 32.2 Å². The summed E-state index contributed by atoms with van der Waals surface area (Å²) in [5.74, 6) is -0.0905. The van der Waals surface area contributed by atoms with Crippen molar-refractivity contribution in [2.75, 3.05) is 32.0 Å². The first kappa shape index (κ1) is 20.0. The number of nitrogens with zero attached hydrogens (tertiary/aromatic N) is 3. The Morgan fingerprint density at radius 3 is 2.46 bits per heavy atom. The van der Waals surface area contributed by atoms with Gasteiger partial charge in [0.05, 0.1) is 0 Å². The van der Waals surface area contributed by atoms with Crippen molar-refractivity contribution in [1.29, 1.82) is 0 Å². The van der Waals surface area contributed by atoms with E-state index in [1.54, 1.807) is 24.3 Å². The summed E-state index contributed by atoms with van der Waals surface area (Å²) in [5.41, 5.74) is 2.47. The van der Waals surface area contributed by atoms with Gasteiger partial charge in [-0.05, 0) is 49.2 Å². The van der Waals surface area contributed by atoms with Gasteiger partial charge in [-0.2, -0.15) is 0 Å². The molecule has 0 spiro atoms. The molecule has 0 aliphatic carbocycles. The molecule has 2 amide bonds. The largest absolute Gasteiger partial charge is 0.339 e. The van der Waals surface area contributed by atoms with Crippen molar-refractivity contribution in [2.24, 2.45) is 0 Å². The Kier molecular flexibility index (Phi) is 6.76. The van der Waals surface area contributed by atoms with E-state index in [0.717, 1.165) is 44.6 Å². The van der Waals surface area contributed by atoms with Crippen LogP contribution in [0.2, 0.25) is 0 Å². The van der Waals surface area contributed by atoms with Crippen molar-refractivity contribution in [3.05, 3.63) is 59.9 Å². The summed E-state index contributed by atoms with van der Waals surface area (Å²) in [5, 5.41) is 2.72. The number of nitrogens with one attached hydrogen (secondary N) is 1. The quantitative estimate of drug-likeness (QED) is 0.837. The number of hydrogen-bond acceptors (Lipinski definition) is 4. The van der Waals surface area contributed by atoms with Crippen LogP contribution in [0.3, 0.4) is 0 Å². The zero-order valence-electron chi connectivity index (χ0n) is 16.6. The molecule has 148 valence electrons. The monoisotopic (exact) mass is 380 g/mol. The highest BCUT2D eigenvalue weighted by Gasteiger charge is 2.25. The maximum Gasteiger partial charge on any atom is 0.253 e. The molecule has 6 nitrogen and oxygen atoms in total. The number of hydrogen-bond donors (Lipinski definition) is 1. The van der Waals surface area contributed by atoms with E-state index in [9.17, 15) is 9.59 Å². The molecule has 2 heterocycles. The number of amides is 2. The molecule has 0 radical (unpaired) electrons. The van der Waals surface area contributed by atoms with Gasteiger partial charge in [0.2, 0.25) is 5.91 Å². The minimum atomic E-state index is -0.119. The van der Waals surface area contributed by atoms with Crippen LogP contribution in [0.4, 0.5) is 5.69 Å². The summed E-state index contributed by atoms with van der Waals surface area (Å²) in [6.07, 6.45) is 4.76. The lowest BCUT2D eigenvalue weighted by molar-refractivity contribution is -0.114. The van der Waals surface area contributed by atoms with E-state index in [2.05, 4.69) is 21.3 Å². The third-order valence-electron chi connectivity index (χ3n) is 5.29. The number of carbonyl (C=O) groups is 2. The van der Waals surface area contributed by atoms with Crippen molar-refractivity contribution < 1.29 is 9.59 Å². The van der Waals surface area contributed by atoms with Crippen LogP contribution in [0.1, 0.15) is 35.8 Å². The van der Waals surface area contributed by atoms with Crippen LogP contribution in [-0.2, 0) is 11.2 Å². The zero-order valence-corrected chi connectivity index (χ0v) is 16.6. The third kappa shape index (κ3) is 5.39. The number of aromatic nitrogens is 1. The average molecular weight is 380 g/mol. The van der Waals surface area contributed by atoms with E-state index >= 15 is 0 Å². The van der Waals surface area contributed by atoms with Crippen LogP contribution in [0, 0.1) is 0 Å². The fourth-order valence-electron chi connectivity index (χ4n) is 3.62. The Morgan fingerprint density at radius 1 is 1.14 bits per heavy atom. The highest BCUT2D eigenvalue weighted by atomic mass is 16.2. The van der Waals surface area contributed by atoms with E-state index in [4.69, 9.17) is 0 Å². The molecule has 1 aromatic heterocycles. The molecule has 28 heavy (non-hydrogen) atoms. The number of pyridine rings is 1. The highest BCUT2D eigenvalue weighted by Crippen LogP contribution is 2.19. The van der Waals surface area contributed by atoms with Gasteiger partial charge in [0.15, 0.2) is 0 Å². The van der Waals surface area contributed by atoms with Gasteiger partial charge in [0, 0.05) is 69.2 Å². The molecule has 0 bridgehead atoms. The van der Waals surface area contributed by atoms with Gasteiger partial charge in [0.25, 0.3) is 5.91 Å². The maximum atomic E-state index is 12.8. The molecule has 1 saturated heterocycles. The Labute approximate surface area is 166 Å². The van der Waals surface area contributed by atoms with Crippen molar-refractivity contribution >= 4 is 17.5 Å².